The Bertz CT molecular complexity index is 1810. The molecule has 0 radical (unpaired) electrons. The number of benzene rings is 2. The van der Waals surface area contributed by atoms with Gasteiger partial charge in [0.15, 0.2) is 0 Å². The van der Waals surface area contributed by atoms with Crippen molar-refractivity contribution in [3.63, 3.8) is 0 Å². The van der Waals surface area contributed by atoms with Gasteiger partial charge >= 0.3 is 6.18 Å². The number of rotatable bonds is 7. The zero-order chi connectivity index (χ0) is 34.9. The SMILES string of the molecule is C=CC(C)Nc1nc2c(c(=O)n1-c1ccc(C(=O)N(C)C(=O)C3CCNCC3)cc1)CC(C)N(C(=O)c1ccc(Br)c(C(F)(F)F)c1)C2.Cl. The lowest BCUT2D eigenvalue weighted by Gasteiger charge is -2.35. The van der Waals surface area contributed by atoms with E-state index in [1.54, 1.807) is 37.3 Å². The van der Waals surface area contributed by atoms with E-state index in [0.717, 1.165) is 24.1 Å². The molecule has 2 aliphatic rings. The summed E-state index contributed by atoms with van der Waals surface area (Å²) in [5.74, 6) is -1.36. The summed E-state index contributed by atoms with van der Waals surface area (Å²) in [6, 6.07) is 8.78. The number of piperidine rings is 1. The van der Waals surface area contributed by atoms with Crippen LogP contribution in [0.4, 0.5) is 19.1 Å². The normalized spacial score (nSPS) is 17.0. The lowest BCUT2D eigenvalue weighted by Crippen LogP contribution is -2.46. The molecule has 0 spiro atoms. The summed E-state index contributed by atoms with van der Waals surface area (Å²) >= 11 is 2.91. The Kier molecular flexibility index (Phi) is 11.8. The Morgan fingerprint density at radius 1 is 1.12 bits per heavy atom. The summed E-state index contributed by atoms with van der Waals surface area (Å²) < 4.78 is 41.9. The fraction of sp³-hybridized carbons (Fsp3) is 0.382. The van der Waals surface area contributed by atoms with Gasteiger partial charge in [-0.05, 0) is 88.7 Å². The molecular formula is C34H37BrClF3N6O4. The third-order valence-electron chi connectivity index (χ3n) is 8.80. The van der Waals surface area contributed by atoms with Crippen LogP contribution in [0, 0.1) is 5.92 Å². The number of hydrogen-bond acceptors (Lipinski definition) is 7. The minimum atomic E-state index is -4.66. The van der Waals surface area contributed by atoms with Crippen LogP contribution in [0.25, 0.3) is 5.69 Å². The number of nitrogens with zero attached hydrogens (tertiary/aromatic N) is 4. The molecule has 3 heterocycles. The predicted octanol–water partition coefficient (Wildman–Crippen LogP) is 5.61. The van der Waals surface area contributed by atoms with Crippen molar-refractivity contribution in [2.75, 3.05) is 25.5 Å². The molecule has 262 valence electrons. The van der Waals surface area contributed by atoms with Crippen LogP contribution in [-0.4, -0.2) is 69.3 Å². The van der Waals surface area contributed by atoms with Crippen molar-refractivity contribution in [3.05, 3.63) is 97.9 Å². The minimum absolute atomic E-state index is 0. The van der Waals surface area contributed by atoms with E-state index in [1.807, 2.05) is 6.92 Å². The highest BCUT2D eigenvalue weighted by Gasteiger charge is 2.36. The second kappa shape index (κ2) is 15.3. The molecule has 15 heteroatoms. The van der Waals surface area contributed by atoms with Crippen molar-refractivity contribution >= 4 is 52.0 Å². The van der Waals surface area contributed by atoms with Crippen LogP contribution in [-0.2, 0) is 23.9 Å². The molecule has 2 aliphatic heterocycles. The van der Waals surface area contributed by atoms with Crippen molar-refractivity contribution in [2.24, 2.45) is 5.92 Å². The number of halogens is 5. The topological polar surface area (TPSA) is 117 Å². The molecule has 10 nitrogen and oxygen atoms in total. The van der Waals surface area contributed by atoms with Gasteiger partial charge in [-0.2, -0.15) is 13.2 Å². The average Bonchev–Trinajstić information content (AvgIpc) is 3.07. The van der Waals surface area contributed by atoms with Crippen LogP contribution in [0.1, 0.15) is 64.2 Å². The molecule has 3 aromatic rings. The van der Waals surface area contributed by atoms with Gasteiger partial charge < -0.3 is 15.5 Å². The van der Waals surface area contributed by atoms with E-state index < -0.39 is 35.2 Å². The van der Waals surface area contributed by atoms with Gasteiger partial charge in [0.05, 0.1) is 23.5 Å². The summed E-state index contributed by atoms with van der Waals surface area (Å²) in [5, 5.41) is 6.36. The van der Waals surface area contributed by atoms with Gasteiger partial charge in [0.1, 0.15) is 0 Å². The molecule has 1 aromatic heterocycles. The van der Waals surface area contributed by atoms with E-state index >= 15 is 0 Å². The highest BCUT2D eigenvalue weighted by Crippen LogP contribution is 2.36. The van der Waals surface area contributed by atoms with Crippen LogP contribution >= 0.6 is 28.3 Å². The second-order valence-electron chi connectivity index (χ2n) is 12.1. The summed E-state index contributed by atoms with van der Waals surface area (Å²) in [6.07, 6.45) is -1.59. The monoisotopic (exact) mass is 764 g/mol. The first kappa shape index (κ1) is 37.8. The Balaban J connectivity index is 0.00000541. The van der Waals surface area contributed by atoms with Crippen molar-refractivity contribution in [3.8, 4) is 5.69 Å². The summed E-state index contributed by atoms with van der Waals surface area (Å²) in [5.41, 5.74) is -0.109. The van der Waals surface area contributed by atoms with Crippen molar-refractivity contribution < 1.29 is 27.6 Å². The van der Waals surface area contributed by atoms with Crippen molar-refractivity contribution in [1.29, 1.82) is 0 Å². The lowest BCUT2D eigenvalue weighted by molar-refractivity contribution is -0.138. The number of carbonyl (C=O) groups excluding carboxylic acids is 3. The number of fused-ring (bicyclic) bond motifs is 1. The summed E-state index contributed by atoms with van der Waals surface area (Å²) in [7, 11) is 1.47. The first-order chi connectivity index (χ1) is 22.7. The zero-order valence-corrected chi connectivity index (χ0v) is 29.5. The maximum atomic E-state index is 14.1. The van der Waals surface area contributed by atoms with Gasteiger partial charge in [-0.3, -0.25) is 24.1 Å². The van der Waals surface area contributed by atoms with Gasteiger partial charge in [0, 0.05) is 46.2 Å². The maximum absolute atomic E-state index is 14.1. The quantitative estimate of drug-likeness (QED) is 0.238. The molecule has 5 rings (SSSR count). The van der Waals surface area contributed by atoms with Gasteiger partial charge in [-0.15, -0.1) is 19.0 Å². The fourth-order valence-corrected chi connectivity index (χ4v) is 6.43. The van der Waals surface area contributed by atoms with E-state index in [9.17, 15) is 32.3 Å². The summed E-state index contributed by atoms with van der Waals surface area (Å²) in [4.78, 5) is 61.0. The molecule has 0 bridgehead atoms. The summed E-state index contributed by atoms with van der Waals surface area (Å²) in [6.45, 7) is 8.67. The number of nitrogens with one attached hydrogen (secondary N) is 2. The van der Waals surface area contributed by atoms with Crippen LogP contribution < -0.4 is 16.2 Å². The number of hydrogen-bond donors (Lipinski definition) is 2. The molecule has 2 atom stereocenters. The first-order valence-electron chi connectivity index (χ1n) is 15.6. The number of carbonyl (C=O) groups is 3. The van der Waals surface area contributed by atoms with E-state index in [1.165, 1.54) is 28.6 Å². The zero-order valence-electron chi connectivity index (χ0n) is 27.1. The molecule has 0 aliphatic carbocycles. The van der Waals surface area contributed by atoms with Crippen LogP contribution in [0.5, 0.6) is 0 Å². The largest absolute Gasteiger partial charge is 0.417 e. The molecule has 2 unspecified atom stereocenters. The van der Waals surface area contributed by atoms with Crippen molar-refractivity contribution in [1.82, 2.24) is 24.7 Å². The first-order valence-corrected chi connectivity index (χ1v) is 16.3. The molecule has 3 amide bonds. The van der Waals surface area contributed by atoms with Crippen LogP contribution in [0.15, 0.2) is 64.4 Å². The van der Waals surface area contributed by atoms with E-state index in [4.69, 9.17) is 4.98 Å². The third kappa shape index (κ3) is 7.92. The second-order valence-corrected chi connectivity index (χ2v) is 13.0. The van der Waals surface area contributed by atoms with Gasteiger partial charge in [-0.1, -0.05) is 22.0 Å². The lowest BCUT2D eigenvalue weighted by atomic mass is 9.96. The molecule has 0 saturated carbocycles. The molecule has 49 heavy (non-hydrogen) atoms. The molecule has 1 fully saturated rings. The Hall–Kier alpha value is -4.01. The highest BCUT2D eigenvalue weighted by atomic mass is 79.9. The Morgan fingerprint density at radius 3 is 2.37 bits per heavy atom. The Labute approximate surface area is 296 Å². The number of imide groups is 1. The highest BCUT2D eigenvalue weighted by molar-refractivity contribution is 9.10. The molecule has 2 aromatic carbocycles. The Morgan fingerprint density at radius 2 is 1.76 bits per heavy atom. The van der Waals surface area contributed by atoms with Crippen LogP contribution in [0.3, 0.4) is 0 Å². The van der Waals surface area contributed by atoms with E-state index in [2.05, 4.69) is 33.1 Å². The van der Waals surface area contributed by atoms with E-state index in [0.29, 0.717) is 29.8 Å². The van der Waals surface area contributed by atoms with E-state index in [-0.39, 0.29) is 64.8 Å². The molecule has 2 N–H and O–H groups in total. The maximum Gasteiger partial charge on any atom is 0.417 e. The number of alkyl halides is 3. The van der Waals surface area contributed by atoms with Gasteiger partial charge in [-0.25, -0.2) is 9.55 Å². The minimum Gasteiger partial charge on any atom is -0.349 e. The average molecular weight is 766 g/mol. The number of anilines is 1. The van der Waals surface area contributed by atoms with Gasteiger partial charge in [0.2, 0.25) is 11.9 Å². The smallest absolute Gasteiger partial charge is 0.349 e. The third-order valence-corrected chi connectivity index (χ3v) is 9.49. The fourth-order valence-electron chi connectivity index (χ4n) is 5.96. The van der Waals surface area contributed by atoms with Crippen molar-refractivity contribution in [2.45, 2.75) is 57.9 Å². The molecular weight excluding hydrogens is 729 g/mol. The molecule has 1 saturated heterocycles. The van der Waals surface area contributed by atoms with Crippen LogP contribution in [0.2, 0.25) is 0 Å². The van der Waals surface area contributed by atoms with Gasteiger partial charge in [0.25, 0.3) is 17.4 Å². The standard InChI is InChI=1S/C34H36BrF3N6O4.ClH/c1-5-19(2)40-33-41-28-18-43(31(47)23-8-11-27(35)26(17-23)34(36,37)38)20(3)16-25(28)32(48)44(33)24-9-6-21(7-10-24)29(45)42(4)30(46)22-12-14-39-15-13-22;/h5-11,17,19-20,22,39H,1,12-16,18H2,2-4H3,(H,40,41);1H. The number of aromatic nitrogens is 2. The number of amides is 3. The predicted molar refractivity (Wildman–Crippen MR) is 185 cm³/mol.